The van der Waals surface area contributed by atoms with Crippen molar-refractivity contribution >= 4 is 6.09 Å². The van der Waals surface area contributed by atoms with E-state index in [1.165, 1.54) is 0 Å². The summed E-state index contributed by atoms with van der Waals surface area (Å²) in [6.45, 7) is 6.99. The van der Waals surface area contributed by atoms with Crippen molar-refractivity contribution in [3.05, 3.63) is 29.8 Å². The number of ether oxygens (including phenoxy) is 2. The first-order valence-electron chi connectivity index (χ1n) is 8.18. The second-order valence-corrected chi connectivity index (χ2v) is 7.10. The van der Waals surface area contributed by atoms with E-state index in [0.717, 1.165) is 30.7 Å². The van der Waals surface area contributed by atoms with Crippen LogP contribution in [-0.2, 0) is 4.74 Å². The summed E-state index contributed by atoms with van der Waals surface area (Å²) in [5, 5.41) is 0. The number of likely N-dealkylation sites (tertiary alicyclic amines) is 1. The Labute approximate surface area is 138 Å². The van der Waals surface area contributed by atoms with Crippen molar-refractivity contribution in [3.8, 4) is 5.75 Å². The first-order valence-corrected chi connectivity index (χ1v) is 8.18. The molecule has 5 nitrogen and oxygen atoms in total. The molecule has 1 fully saturated rings. The zero-order valence-corrected chi connectivity index (χ0v) is 14.5. The number of para-hydroxylation sites is 1. The molecule has 0 aromatic heterocycles. The molecule has 128 valence electrons. The molecule has 2 N–H and O–H groups in total. The highest BCUT2D eigenvalue weighted by Gasteiger charge is 2.31. The summed E-state index contributed by atoms with van der Waals surface area (Å²) in [7, 11) is 1.65. The molecule has 5 heteroatoms. The molecule has 1 heterocycles. The average molecular weight is 320 g/mol. The number of amides is 1. The minimum Gasteiger partial charge on any atom is -0.496 e. The highest BCUT2D eigenvalue weighted by atomic mass is 16.6. The van der Waals surface area contributed by atoms with Gasteiger partial charge >= 0.3 is 6.09 Å². The van der Waals surface area contributed by atoms with Gasteiger partial charge in [-0.15, -0.1) is 0 Å². The Morgan fingerprint density at radius 3 is 2.70 bits per heavy atom. The van der Waals surface area contributed by atoms with Gasteiger partial charge in [-0.25, -0.2) is 4.79 Å². The van der Waals surface area contributed by atoms with Gasteiger partial charge in [0.05, 0.1) is 7.11 Å². The lowest BCUT2D eigenvalue weighted by Crippen LogP contribution is -2.45. The molecular formula is C18H28N2O3. The summed E-state index contributed by atoms with van der Waals surface area (Å²) < 4.78 is 10.9. The van der Waals surface area contributed by atoms with Crippen LogP contribution in [0.15, 0.2) is 24.3 Å². The number of hydrogen-bond acceptors (Lipinski definition) is 4. The van der Waals surface area contributed by atoms with Crippen LogP contribution < -0.4 is 10.5 Å². The van der Waals surface area contributed by atoms with Gasteiger partial charge in [0, 0.05) is 24.7 Å². The molecule has 1 amide bonds. The van der Waals surface area contributed by atoms with E-state index in [1.807, 2.05) is 45.0 Å². The molecule has 1 aliphatic heterocycles. The van der Waals surface area contributed by atoms with Gasteiger partial charge in [0.25, 0.3) is 0 Å². The Morgan fingerprint density at radius 2 is 2.04 bits per heavy atom. The Bertz CT molecular complexity index is 539. The van der Waals surface area contributed by atoms with Crippen molar-refractivity contribution in [1.29, 1.82) is 0 Å². The Kier molecular flexibility index (Phi) is 5.52. The van der Waals surface area contributed by atoms with Gasteiger partial charge in [-0.3, -0.25) is 0 Å². The highest BCUT2D eigenvalue weighted by molar-refractivity contribution is 5.68. The van der Waals surface area contributed by atoms with Crippen LogP contribution in [0.2, 0.25) is 0 Å². The van der Waals surface area contributed by atoms with Crippen molar-refractivity contribution in [3.63, 3.8) is 0 Å². The molecule has 1 aromatic rings. The number of hydrogen-bond donors (Lipinski definition) is 1. The minimum absolute atomic E-state index is 0.156. The van der Waals surface area contributed by atoms with E-state index in [0.29, 0.717) is 6.54 Å². The Hall–Kier alpha value is -1.75. The van der Waals surface area contributed by atoms with Crippen LogP contribution in [-0.4, -0.2) is 36.8 Å². The number of piperidine rings is 1. The van der Waals surface area contributed by atoms with Crippen molar-refractivity contribution < 1.29 is 14.3 Å². The van der Waals surface area contributed by atoms with Gasteiger partial charge in [-0.1, -0.05) is 18.2 Å². The molecule has 2 atom stereocenters. The molecule has 1 aliphatic rings. The third-order valence-corrected chi connectivity index (χ3v) is 4.12. The maximum Gasteiger partial charge on any atom is 0.410 e. The van der Waals surface area contributed by atoms with Crippen molar-refractivity contribution in [2.24, 2.45) is 11.7 Å². The van der Waals surface area contributed by atoms with Crippen LogP contribution in [0.3, 0.4) is 0 Å². The molecule has 0 bridgehead atoms. The Balaban J connectivity index is 2.07. The maximum absolute atomic E-state index is 12.3. The predicted molar refractivity (Wildman–Crippen MR) is 90.5 cm³/mol. The van der Waals surface area contributed by atoms with Gasteiger partial charge in [-0.05, 0) is 45.6 Å². The van der Waals surface area contributed by atoms with Gasteiger partial charge in [0.2, 0.25) is 0 Å². The number of benzene rings is 1. The lowest BCUT2D eigenvalue weighted by molar-refractivity contribution is 0.0152. The molecule has 1 aromatic carbocycles. The van der Waals surface area contributed by atoms with Crippen LogP contribution in [0.25, 0.3) is 0 Å². The standard InChI is InChI=1S/C18H28N2O3/c1-18(2,3)23-17(21)20-11-7-8-13(12-20)16(19)14-9-5-6-10-15(14)22-4/h5-6,9-10,13,16H,7-8,11-12,19H2,1-4H3. The molecule has 1 saturated heterocycles. The normalized spacial score (nSPS) is 20.0. The predicted octanol–water partition coefficient (Wildman–Crippen LogP) is 3.34. The van der Waals surface area contributed by atoms with E-state index in [9.17, 15) is 4.79 Å². The average Bonchev–Trinajstić information content (AvgIpc) is 2.52. The van der Waals surface area contributed by atoms with Gasteiger partial charge in [0.15, 0.2) is 0 Å². The zero-order valence-electron chi connectivity index (χ0n) is 14.5. The fourth-order valence-electron chi connectivity index (χ4n) is 2.99. The first kappa shape index (κ1) is 17.6. The fourth-order valence-corrected chi connectivity index (χ4v) is 2.99. The monoisotopic (exact) mass is 320 g/mol. The van der Waals surface area contributed by atoms with Crippen LogP contribution in [0.1, 0.15) is 45.2 Å². The second-order valence-electron chi connectivity index (χ2n) is 7.10. The molecule has 0 spiro atoms. The number of rotatable bonds is 3. The Morgan fingerprint density at radius 1 is 1.35 bits per heavy atom. The smallest absolute Gasteiger partial charge is 0.410 e. The number of nitrogens with two attached hydrogens (primary N) is 1. The fraction of sp³-hybridized carbons (Fsp3) is 0.611. The van der Waals surface area contributed by atoms with Gasteiger partial charge < -0.3 is 20.1 Å². The molecule has 0 saturated carbocycles. The number of methoxy groups -OCH3 is 1. The molecule has 23 heavy (non-hydrogen) atoms. The number of nitrogens with zero attached hydrogens (tertiary/aromatic N) is 1. The van der Waals surface area contributed by atoms with E-state index in [4.69, 9.17) is 15.2 Å². The second kappa shape index (κ2) is 7.21. The van der Waals surface area contributed by atoms with Crippen LogP contribution in [0.4, 0.5) is 4.79 Å². The first-order chi connectivity index (χ1) is 10.8. The summed E-state index contributed by atoms with van der Waals surface area (Å²) in [6.07, 6.45) is 1.68. The van der Waals surface area contributed by atoms with E-state index >= 15 is 0 Å². The largest absolute Gasteiger partial charge is 0.496 e. The summed E-state index contributed by atoms with van der Waals surface area (Å²) in [5.74, 6) is 1.00. The summed E-state index contributed by atoms with van der Waals surface area (Å²) in [5.41, 5.74) is 6.99. The highest BCUT2D eigenvalue weighted by Crippen LogP contribution is 2.33. The lowest BCUT2D eigenvalue weighted by Gasteiger charge is -2.36. The van der Waals surface area contributed by atoms with Crippen molar-refractivity contribution in [2.45, 2.75) is 45.3 Å². The van der Waals surface area contributed by atoms with Gasteiger partial charge in [0.1, 0.15) is 11.4 Å². The van der Waals surface area contributed by atoms with Crippen molar-refractivity contribution in [2.75, 3.05) is 20.2 Å². The van der Waals surface area contributed by atoms with E-state index in [-0.39, 0.29) is 18.1 Å². The third-order valence-electron chi connectivity index (χ3n) is 4.12. The maximum atomic E-state index is 12.3. The lowest BCUT2D eigenvalue weighted by atomic mass is 9.87. The summed E-state index contributed by atoms with van der Waals surface area (Å²) >= 11 is 0. The van der Waals surface area contributed by atoms with Crippen LogP contribution in [0, 0.1) is 5.92 Å². The van der Waals surface area contributed by atoms with Crippen LogP contribution >= 0.6 is 0 Å². The molecule has 2 unspecified atom stereocenters. The summed E-state index contributed by atoms with van der Waals surface area (Å²) in [4.78, 5) is 14.1. The molecule has 2 rings (SSSR count). The van der Waals surface area contributed by atoms with E-state index < -0.39 is 5.60 Å². The number of carbonyl (C=O) groups excluding carboxylic acids is 1. The van der Waals surface area contributed by atoms with Gasteiger partial charge in [-0.2, -0.15) is 0 Å². The van der Waals surface area contributed by atoms with E-state index in [1.54, 1.807) is 12.0 Å². The zero-order chi connectivity index (χ0) is 17.0. The summed E-state index contributed by atoms with van der Waals surface area (Å²) in [6, 6.07) is 7.66. The minimum atomic E-state index is -0.477. The SMILES string of the molecule is COc1ccccc1C(N)C1CCCN(C(=O)OC(C)(C)C)C1. The quantitative estimate of drug-likeness (QED) is 0.927. The van der Waals surface area contributed by atoms with Crippen molar-refractivity contribution in [1.82, 2.24) is 4.90 Å². The third kappa shape index (κ3) is 4.61. The van der Waals surface area contributed by atoms with E-state index in [2.05, 4.69) is 0 Å². The van der Waals surface area contributed by atoms with Crippen LogP contribution in [0.5, 0.6) is 5.75 Å². The molecule has 0 radical (unpaired) electrons. The topological polar surface area (TPSA) is 64.8 Å². The molecular weight excluding hydrogens is 292 g/mol. The molecule has 0 aliphatic carbocycles. The number of carbonyl (C=O) groups is 1.